The lowest BCUT2D eigenvalue weighted by atomic mass is 10.1. The van der Waals surface area contributed by atoms with Gasteiger partial charge in [0.25, 0.3) is 11.8 Å². The maximum atomic E-state index is 13.4. The number of halogens is 1. The lowest BCUT2D eigenvalue weighted by Crippen LogP contribution is -2.35. The lowest BCUT2D eigenvalue weighted by Gasteiger charge is -2.26. The molecule has 3 heterocycles. The van der Waals surface area contributed by atoms with Crippen LogP contribution in [0.5, 0.6) is 0 Å². The molecule has 0 atom stereocenters. The predicted octanol–water partition coefficient (Wildman–Crippen LogP) is 3.79. The molecule has 0 aliphatic carbocycles. The van der Waals surface area contributed by atoms with Gasteiger partial charge >= 0.3 is 0 Å². The highest BCUT2D eigenvalue weighted by Gasteiger charge is 2.25. The summed E-state index contributed by atoms with van der Waals surface area (Å²) in [6.07, 6.45) is 0.612. The molecule has 0 fully saturated rings. The molecule has 0 saturated carbocycles. The van der Waals surface area contributed by atoms with Crippen LogP contribution in [0.15, 0.2) is 41.1 Å². The Kier molecular flexibility index (Phi) is 4.52. The number of aromatic nitrogens is 1. The molecule has 4 rings (SSSR count). The Morgan fingerprint density at radius 1 is 1.23 bits per heavy atom. The van der Waals surface area contributed by atoms with E-state index < -0.39 is 5.82 Å². The average Bonchev–Trinajstić information content (AvgIpc) is 3.29. The summed E-state index contributed by atoms with van der Waals surface area (Å²) in [5.41, 5.74) is 1.84. The smallest absolute Gasteiger partial charge is 0.258 e. The number of anilines is 1. The first kappa shape index (κ1) is 16.9. The van der Waals surface area contributed by atoms with E-state index in [1.54, 1.807) is 22.4 Å². The summed E-state index contributed by atoms with van der Waals surface area (Å²) >= 11 is 2.83. The van der Waals surface area contributed by atoms with Crippen LogP contribution in [0, 0.1) is 5.82 Å². The summed E-state index contributed by atoms with van der Waals surface area (Å²) < 4.78 is 13.4. The van der Waals surface area contributed by atoms with Crippen molar-refractivity contribution in [2.75, 3.05) is 11.9 Å². The molecule has 1 aromatic carbocycles. The van der Waals surface area contributed by atoms with Gasteiger partial charge in [-0.3, -0.25) is 14.9 Å². The summed E-state index contributed by atoms with van der Waals surface area (Å²) in [6.45, 7) is 0.931. The highest BCUT2D eigenvalue weighted by molar-refractivity contribution is 7.16. The van der Waals surface area contributed by atoms with Crippen LogP contribution >= 0.6 is 22.7 Å². The number of fused-ring (bicyclic) bond motifs is 1. The minimum Gasteiger partial charge on any atom is -0.333 e. The first-order valence-electron chi connectivity index (χ1n) is 7.97. The van der Waals surface area contributed by atoms with Crippen LogP contribution < -0.4 is 5.32 Å². The van der Waals surface area contributed by atoms with E-state index in [4.69, 9.17) is 0 Å². The van der Waals surface area contributed by atoms with Gasteiger partial charge in [0.05, 0.1) is 17.8 Å². The topological polar surface area (TPSA) is 62.3 Å². The van der Waals surface area contributed by atoms with E-state index in [1.165, 1.54) is 40.9 Å². The van der Waals surface area contributed by atoms with Crippen molar-refractivity contribution in [3.63, 3.8) is 0 Å². The van der Waals surface area contributed by atoms with Gasteiger partial charge in [-0.25, -0.2) is 9.37 Å². The third kappa shape index (κ3) is 3.38. The van der Waals surface area contributed by atoms with Crippen LogP contribution in [0.4, 0.5) is 9.52 Å². The van der Waals surface area contributed by atoms with E-state index >= 15 is 0 Å². The molecular formula is C18H14FN3O2S2. The van der Waals surface area contributed by atoms with Crippen LogP contribution in [-0.2, 0) is 13.0 Å². The Bertz CT molecular complexity index is 969. The SMILES string of the molecule is O=C(Nc1nc2c(s1)CN(C(=O)c1cccc(F)c1)CC2)c1ccsc1. The molecule has 2 aromatic heterocycles. The summed E-state index contributed by atoms with van der Waals surface area (Å²) in [5.74, 6) is -0.817. The Hall–Kier alpha value is -2.58. The highest BCUT2D eigenvalue weighted by Crippen LogP contribution is 2.29. The molecule has 5 nitrogen and oxygen atoms in total. The van der Waals surface area contributed by atoms with Gasteiger partial charge in [0.2, 0.25) is 0 Å². The molecule has 2 amide bonds. The van der Waals surface area contributed by atoms with E-state index in [0.29, 0.717) is 35.8 Å². The zero-order valence-corrected chi connectivity index (χ0v) is 15.2. The predicted molar refractivity (Wildman–Crippen MR) is 99.2 cm³/mol. The quantitative estimate of drug-likeness (QED) is 0.744. The summed E-state index contributed by atoms with van der Waals surface area (Å²) in [6, 6.07) is 7.46. The minimum absolute atomic E-state index is 0.190. The lowest BCUT2D eigenvalue weighted by molar-refractivity contribution is 0.0735. The van der Waals surface area contributed by atoms with Crippen molar-refractivity contribution < 1.29 is 14.0 Å². The molecule has 8 heteroatoms. The molecule has 0 bridgehead atoms. The van der Waals surface area contributed by atoms with Gasteiger partial charge in [-0.05, 0) is 29.6 Å². The van der Waals surface area contributed by atoms with Gasteiger partial charge in [-0.1, -0.05) is 17.4 Å². The molecule has 1 aliphatic heterocycles. The summed E-state index contributed by atoms with van der Waals surface area (Å²) in [5, 5.41) is 6.97. The third-order valence-electron chi connectivity index (χ3n) is 4.09. The fourth-order valence-electron chi connectivity index (χ4n) is 2.79. The maximum absolute atomic E-state index is 13.4. The van der Waals surface area contributed by atoms with Gasteiger partial charge in [0.1, 0.15) is 5.82 Å². The molecule has 1 aliphatic rings. The number of nitrogens with one attached hydrogen (secondary N) is 1. The maximum Gasteiger partial charge on any atom is 0.258 e. The second-order valence-corrected chi connectivity index (χ2v) is 7.71. The van der Waals surface area contributed by atoms with Crippen molar-refractivity contribution in [2.45, 2.75) is 13.0 Å². The number of thiazole rings is 1. The molecule has 0 unspecified atom stereocenters. The third-order valence-corrected chi connectivity index (χ3v) is 5.77. The second-order valence-electron chi connectivity index (χ2n) is 5.84. The van der Waals surface area contributed by atoms with Crippen LogP contribution in [0.25, 0.3) is 0 Å². The molecule has 3 aromatic rings. The van der Waals surface area contributed by atoms with Crippen molar-refractivity contribution in [3.8, 4) is 0 Å². The molecule has 0 spiro atoms. The first-order chi connectivity index (χ1) is 12.6. The zero-order valence-electron chi connectivity index (χ0n) is 13.6. The van der Waals surface area contributed by atoms with Crippen molar-refractivity contribution in [1.82, 2.24) is 9.88 Å². The van der Waals surface area contributed by atoms with E-state index in [1.807, 2.05) is 5.38 Å². The number of carbonyl (C=O) groups is 2. The Balaban J connectivity index is 1.48. The van der Waals surface area contributed by atoms with E-state index in [-0.39, 0.29) is 11.8 Å². The van der Waals surface area contributed by atoms with Gasteiger partial charge in [-0.15, -0.1) is 0 Å². The van der Waals surface area contributed by atoms with E-state index in [9.17, 15) is 14.0 Å². The molecule has 1 N–H and O–H groups in total. The van der Waals surface area contributed by atoms with Crippen molar-refractivity contribution in [1.29, 1.82) is 0 Å². The first-order valence-corrected chi connectivity index (χ1v) is 9.73. The number of benzene rings is 1. The van der Waals surface area contributed by atoms with Gasteiger partial charge in [0, 0.05) is 28.8 Å². The number of hydrogen-bond acceptors (Lipinski definition) is 5. The molecule has 0 radical (unpaired) electrons. The monoisotopic (exact) mass is 387 g/mol. The van der Waals surface area contributed by atoms with E-state index in [0.717, 1.165) is 10.6 Å². The number of hydrogen-bond donors (Lipinski definition) is 1. The average molecular weight is 387 g/mol. The standard InChI is InChI=1S/C18H14FN3O2S2/c19-13-3-1-2-11(8-13)17(24)22-6-4-14-15(9-22)26-18(20-14)21-16(23)12-5-7-25-10-12/h1-3,5,7-8,10H,4,6,9H2,(H,20,21,23). The molecule has 0 saturated heterocycles. The number of carbonyl (C=O) groups excluding carboxylic acids is 2. The fraction of sp³-hybridized carbons (Fsp3) is 0.167. The number of amides is 2. The second kappa shape index (κ2) is 6.97. The fourth-order valence-corrected chi connectivity index (χ4v) is 4.44. The van der Waals surface area contributed by atoms with Crippen LogP contribution in [0.3, 0.4) is 0 Å². The van der Waals surface area contributed by atoms with Crippen LogP contribution in [-0.4, -0.2) is 28.2 Å². The van der Waals surface area contributed by atoms with Crippen molar-refractivity contribution >= 4 is 39.6 Å². The largest absolute Gasteiger partial charge is 0.333 e. The zero-order chi connectivity index (χ0) is 18.1. The number of rotatable bonds is 3. The van der Waals surface area contributed by atoms with Gasteiger partial charge in [0.15, 0.2) is 5.13 Å². The van der Waals surface area contributed by atoms with Gasteiger partial charge < -0.3 is 4.90 Å². The van der Waals surface area contributed by atoms with E-state index in [2.05, 4.69) is 10.3 Å². The number of nitrogens with zero attached hydrogens (tertiary/aromatic N) is 2. The van der Waals surface area contributed by atoms with Crippen LogP contribution in [0.2, 0.25) is 0 Å². The Morgan fingerprint density at radius 2 is 2.12 bits per heavy atom. The molecule has 26 heavy (non-hydrogen) atoms. The summed E-state index contributed by atoms with van der Waals surface area (Å²) in [7, 11) is 0. The van der Waals surface area contributed by atoms with Crippen molar-refractivity contribution in [2.24, 2.45) is 0 Å². The van der Waals surface area contributed by atoms with Crippen molar-refractivity contribution in [3.05, 3.63) is 68.6 Å². The normalized spacial score (nSPS) is 13.3. The molecular weight excluding hydrogens is 373 g/mol. The number of thiophene rings is 1. The highest BCUT2D eigenvalue weighted by atomic mass is 32.1. The summed E-state index contributed by atoms with van der Waals surface area (Å²) in [4.78, 5) is 31.8. The minimum atomic E-state index is -0.426. The Morgan fingerprint density at radius 3 is 2.88 bits per heavy atom. The Labute approximate surface area is 157 Å². The van der Waals surface area contributed by atoms with Crippen LogP contribution in [0.1, 0.15) is 31.3 Å². The van der Waals surface area contributed by atoms with Gasteiger partial charge in [-0.2, -0.15) is 11.3 Å². The molecule has 132 valence electrons.